The molecular formula is C12H15N5O. The summed E-state index contributed by atoms with van der Waals surface area (Å²) in [5, 5.41) is 11.9. The van der Waals surface area contributed by atoms with Crippen LogP contribution in [0.3, 0.4) is 0 Å². The van der Waals surface area contributed by atoms with Gasteiger partial charge in [0.1, 0.15) is 0 Å². The molecule has 1 saturated carbocycles. The van der Waals surface area contributed by atoms with Crippen molar-refractivity contribution < 1.29 is 4.74 Å². The van der Waals surface area contributed by atoms with Gasteiger partial charge in [0.15, 0.2) is 5.82 Å². The minimum Gasteiger partial charge on any atom is -0.399 e. The second-order valence-electron chi connectivity index (χ2n) is 4.55. The molecule has 2 N–H and O–H groups in total. The van der Waals surface area contributed by atoms with Crippen molar-refractivity contribution in [3.8, 4) is 11.4 Å². The Morgan fingerprint density at radius 1 is 1.28 bits per heavy atom. The molecule has 1 aromatic heterocycles. The molecule has 1 aromatic carbocycles. The lowest BCUT2D eigenvalue weighted by atomic mass is 9.89. The van der Waals surface area contributed by atoms with E-state index in [2.05, 4.69) is 15.5 Å². The molecule has 1 aliphatic carbocycles. The molecule has 1 heterocycles. The summed E-state index contributed by atoms with van der Waals surface area (Å²) in [6, 6.07) is 7.91. The number of hydrogen-bond donors (Lipinski definition) is 1. The fourth-order valence-electron chi connectivity index (χ4n) is 2.19. The normalized spacial score (nSPS) is 22.7. The van der Waals surface area contributed by atoms with Gasteiger partial charge in [0, 0.05) is 18.4 Å². The van der Waals surface area contributed by atoms with E-state index < -0.39 is 0 Å². The van der Waals surface area contributed by atoms with E-state index in [1.165, 1.54) is 0 Å². The molecule has 0 aliphatic heterocycles. The average molecular weight is 245 g/mol. The molecule has 6 nitrogen and oxygen atoms in total. The van der Waals surface area contributed by atoms with E-state index in [1.54, 1.807) is 7.11 Å². The highest BCUT2D eigenvalue weighted by Gasteiger charge is 2.33. The maximum atomic E-state index is 5.68. The quantitative estimate of drug-likeness (QED) is 0.824. The van der Waals surface area contributed by atoms with Crippen LogP contribution in [-0.2, 0) is 4.74 Å². The molecule has 0 saturated heterocycles. The number of hydrogen-bond acceptors (Lipinski definition) is 5. The van der Waals surface area contributed by atoms with E-state index in [0.717, 1.165) is 29.9 Å². The molecule has 0 radical (unpaired) electrons. The number of rotatable bonds is 3. The van der Waals surface area contributed by atoms with E-state index in [0.29, 0.717) is 12.1 Å². The molecule has 3 rings (SSSR count). The summed E-state index contributed by atoms with van der Waals surface area (Å²) >= 11 is 0. The fourth-order valence-corrected chi connectivity index (χ4v) is 2.19. The third-order valence-electron chi connectivity index (χ3n) is 3.41. The van der Waals surface area contributed by atoms with Gasteiger partial charge in [-0.25, -0.2) is 4.68 Å². The summed E-state index contributed by atoms with van der Waals surface area (Å²) < 4.78 is 7.15. The van der Waals surface area contributed by atoms with E-state index in [1.807, 2.05) is 28.9 Å². The third kappa shape index (κ3) is 1.84. The number of benzene rings is 1. The van der Waals surface area contributed by atoms with Crippen LogP contribution in [-0.4, -0.2) is 33.4 Å². The molecule has 18 heavy (non-hydrogen) atoms. The fraction of sp³-hybridized carbons (Fsp3) is 0.417. The number of nitrogen functional groups attached to an aromatic ring is 1. The number of ether oxygens (including phenoxy) is 1. The molecule has 0 amide bonds. The molecule has 6 heteroatoms. The van der Waals surface area contributed by atoms with Gasteiger partial charge in [-0.05, 0) is 47.5 Å². The highest BCUT2D eigenvalue weighted by Crippen LogP contribution is 2.35. The van der Waals surface area contributed by atoms with Crippen LogP contribution in [0.4, 0.5) is 5.69 Å². The predicted octanol–water partition coefficient (Wildman–Crippen LogP) is 1.27. The van der Waals surface area contributed by atoms with Crippen molar-refractivity contribution >= 4 is 5.69 Å². The minimum atomic E-state index is 0.331. The van der Waals surface area contributed by atoms with Crippen molar-refractivity contribution in [3.63, 3.8) is 0 Å². The monoisotopic (exact) mass is 245 g/mol. The van der Waals surface area contributed by atoms with E-state index in [-0.39, 0.29) is 0 Å². The Morgan fingerprint density at radius 3 is 2.67 bits per heavy atom. The Labute approximate surface area is 105 Å². The Morgan fingerprint density at radius 2 is 2.00 bits per heavy atom. The first-order chi connectivity index (χ1) is 8.78. The van der Waals surface area contributed by atoms with Gasteiger partial charge in [-0.3, -0.25) is 0 Å². The maximum absolute atomic E-state index is 5.68. The Hall–Kier alpha value is -1.95. The van der Waals surface area contributed by atoms with Crippen molar-refractivity contribution in [1.29, 1.82) is 0 Å². The molecular weight excluding hydrogens is 230 g/mol. The molecule has 0 spiro atoms. The van der Waals surface area contributed by atoms with Gasteiger partial charge in [0.05, 0.1) is 12.1 Å². The summed E-state index contributed by atoms with van der Waals surface area (Å²) in [5.41, 5.74) is 7.39. The lowest BCUT2D eigenvalue weighted by Gasteiger charge is -2.34. The highest BCUT2D eigenvalue weighted by atomic mass is 16.5. The minimum absolute atomic E-state index is 0.331. The van der Waals surface area contributed by atoms with Crippen LogP contribution in [0.2, 0.25) is 0 Å². The van der Waals surface area contributed by atoms with Crippen LogP contribution in [0, 0.1) is 0 Å². The number of nitrogens with two attached hydrogens (primary N) is 1. The SMILES string of the molecule is COC1CC(n2nnnc2-c2ccc(N)cc2)C1. The van der Waals surface area contributed by atoms with Gasteiger partial charge in [-0.1, -0.05) is 0 Å². The van der Waals surface area contributed by atoms with Gasteiger partial charge < -0.3 is 10.5 Å². The van der Waals surface area contributed by atoms with Gasteiger partial charge in [-0.15, -0.1) is 5.10 Å². The van der Waals surface area contributed by atoms with Crippen LogP contribution >= 0.6 is 0 Å². The Balaban J connectivity index is 1.86. The van der Waals surface area contributed by atoms with E-state index in [4.69, 9.17) is 10.5 Å². The molecule has 0 atom stereocenters. The van der Waals surface area contributed by atoms with Crippen LogP contribution in [0.15, 0.2) is 24.3 Å². The lowest BCUT2D eigenvalue weighted by molar-refractivity contribution is 0.00248. The van der Waals surface area contributed by atoms with Crippen LogP contribution < -0.4 is 5.73 Å². The van der Waals surface area contributed by atoms with Gasteiger partial charge in [0.2, 0.25) is 0 Å². The molecule has 0 unspecified atom stereocenters. The molecule has 1 fully saturated rings. The smallest absolute Gasteiger partial charge is 0.182 e. The number of tetrazole rings is 1. The highest BCUT2D eigenvalue weighted by molar-refractivity contribution is 5.58. The van der Waals surface area contributed by atoms with Crippen molar-refractivity contribution in [1.82, 2.24) is 20.2 Å². The number of nitrogens with zero attached hydrogens (tertiary/aromatic N) is 4. The van der Waals surface area contributed by atoms with Crippen molar-refractivity contribution in [2.75, 3.05) is 12.8 Å². The van der Waals surface area contributed by atoms with Crippen molar-refractivity contribution in [2.24, 2.45) is 0 Å². The number of methoxy groups -OCH3 is 1. The zero-order valence-corrected chi connectivity index (χ0v) is 10.2. The summed E-state index contributed by atoms with van der Waals surface area (Å²) in [6.07, 6.45) is 2.26. The Bertz CT molecular complexity index is 530. The van der Waals surface area contributed by atoms with Crippen LogP contribution in [0.25, 0.3) is 11.4 Å². The first kappa shape index (κ1) is 11.2. The standard InChI is InChI=1S/C12H15N5O/c1-18-11-6-10(7-11)17-12(14-15-16-17)8-2-4-9(13)5-3-8/h2-5,10-11H,6-7,13H2,1H3. The Kier molecular flexibility index (Phi) is 2.71. The largest absolute Gasteiger partial charge is 0.399 e. The van der Waals surface area contributed by atoms with Crippen molar-refractivity contribution in [3.05, 3.63) is 24.3 Å². The van der Waals surface area contributed by atoms with Crippen molar-refractivity contribution in [2.45, 2.75) is 25.0 Å². The topological polar surface area (TPSA) is 78.8 Å². The predicted molar refractivity (Wildman–Crippen MR) is 66.7 cm³/mol. The van der Waals surface area contributed by atoms with E-state index in [9.17, 15) is 0 Å². The molecule has 2 aromatic rings. The van der Waals surface area contributed by atoms with E-state index >= 15 is 0 Å². The first-order valence-electron chi connectivity index (χ1n) is 5.94. The maximum Gasteiger partial charge on any atom is 0.182 e. The summed E-state index contributed by atoms with van der Waals surface area (Å²) in [6.45, 7) is 0. The van der Waals surface area contributed by atoms with Gasteiger partial charge >= 0.3 is 0 Å². The molecule has 0 bridgehead atoms. The first-order valence-corrected chi connectivity index (χ1v) is 5.94. The van der Waals surface area contributed by atoms with Crippen LogP contribution in [0.1, 0.15) is 18.9 Å². The summed E-state index contributed by atoms with van der Waals surface area (Å²) in [4.78, 5) is 0. The van der Waals surface area contributed by atoms with Crippen LogP contribution in [0.5, 0.6) is 0 Å². The zero-order chi connectivity index (χ0) is 12.5. The third-order valence-corrected chi connectivity index (χ3v) is 3.41. The van der Waals surface area contributed by atoms with Gasteiger partial charge in [0.25, 0.3) is 0 Å². The molecule has 1 aliphatic rings. The second kappa shape index (κ2) is 4.38. The van der Waals surface area contributed by atoms with Gasteiger partial charge in [-0.2, -0.15) is 0 Å². The summed E-state index contributed by atoms with van der Waals surface area (Å²) in [7, 11) is 1.74. The second-order valence-corrected chi connectivity index (χ2v) is 4.55. The molecule has 94 valence electrons. The lowest BCUT2D eigenvalue weighted by Crippen LogP contribution is -2.33. The number of aromatic nitrogens is 4. The summed E-state index contributed by atoms with van der Waals surface area (Å²) in [5.74, 6) is 0.787. The number of anilines is 1. The average Bonchev–Trinajstić information content (AvgIpc) is 2.78. The zero-order valence-electron chi connectivity index (χ0n) is 10.2.